The van der Waals surface area contributed by atoms with Crippen LogP contribution in [0.4, 0.5) is 16.2 Å². The molecule has 0 atom stereocenters. The Morgan fingerprint density at radius 3 is 2.11 bits per heavy atom. The molecule has 0 radical (unpaired) electrons. The number of urea groups is 1. The monoisotopic (exact) mass is 398 g/mol. The fourth-order valence-corrected chi connectivity index (χ4v) is 3.32. The molecule has 3 rings (SSSR count). The quantitative estimate of drug-likeness (QED) is 0.443. The van der Waals surface area contributed by atoms with Crippen molar-refractivity contribution in [2.75, 3.05) is 10.6 Å². The molecule has 3 aromatic rings. The topological polar surface area (TPSA) is 105 Å². The molecule has 3 aromatic carbocycles. The molecule has 8 heteroatoms. The van der Waals surface area contributed by atoms with Gasteiger partial charge in [0.15, 0.2) is 5.75 Å². The normalized spacial score (nSPS) is 10.9. The molecule has 0 saturated carbocycles. The molecule has 0 aliphatic carbocycles. The molecule has 0 aliphatic heterocycles. The van der Waals surface area contributed by atoms with Gasteiger partial charge in [0.2, 0.25) is 0 Å². The molecule has 0 bridgehead atoms. The number of aryl methyl sites for hydroxylation is 1. The van der Waals surface area contributed by atoms with Crippen LogP contribution in [0.2, 0.25) is 0 Å². The number of aromatic hydroxyl groups is 1. The maximum Gasteiger partial charge on any atom is 0.339 e. The van der Waals surface area contributed by atoms with Crippen LogP contribution >= 0.6 is 0 Å². The molecule has 28 heavy (non-hydrogen) atoms. The number of hydrogen-bond acceptors (Lipinski definition) is 5. The average molecular weight is 398 g/mol. The number of carbonyl (C=O) groups excluding carboxylic acids is 1. The van der Waals surface area contributed by atoms with Crippen LogP contribution in [0.1, 0.15) is 5.56 Å². The maximum absolute atomic E-state index is 12.5. The van der Waals surface area contributed by atoms with Crippen LogP contribution in [0, 0.1) is 6.92 Å². The van der Waals surface area contributed by atoms with E-state index in [0.29, 0.717) is 0 Å². The average Bonchev–Trinajstić information content (AvgIpc) is 2.65. The second-order valence-electron chi connectivity index (χ2n) is 5.94. The van der Waals surface area contributed by atoms with Gasteiger partial charge in [0.05, 0.1) is 11.4 Å². The Morgan fingerprint density at radius 2 is 1.43 bits per heavy atom. The number of rotatable bonds is 5. The van der Waals surface area contributed by atoms with Gasteiger partial charge >= 0.3 is 16.1 Å². The van der Waals surface area contributed by atoms with E-state index in [4.69, 9.17) is 4.18 Å². The zero-order valence-electron chi connectivity index (χ0n) is 14.9. The Morgan fingerprint density at radius 1 is 0.857 bits per heavy atom. The van der Waals surface area contributed by atoms with Crippen molar-refractivity contribution in [1.82, 2.24) is 0 Å². The first kappa shape index (κ1) is 19.2. The zero-order valence-corrected chi connectivity index (χ0v) is 15.7. The number of para-hydroxylation sites is 4. The fraction of sp³-hybridized carbons (Fsp3) is 0.0500. The summed E-state index contributed by atoms with van der Waals surface area (Å²) in [4.78, 5) is 12.2. The Balaban J connectivity index is 1.78. The van der Waals surface area contributed by atoms with Crippen LogP contribution in [-0.4, -0.2) is 19.6 Å². The van der Waals surface area contributed by atoms with E-state index >= 15 is 0 Å². The largest absolute Gasteiger partial charge is 0.506 e. The van der Waals surface area contributed by atoms with Crippen LogP contribution in [0.3, 0.4) is 0 Å². The van der Waals surface area contributed by atoms with E-state index < -0.39 is 16.1 Å². The van der Waals surface area contributed by atoms with E-state index in [1.807, 2.05) is 6.92 Å². The van der Waals surface area contributed by atoms with Gasteiger partial charge in [-0.05, 0) is 43.3 Å². The second-order valence-corrected chi connectivity index (χ2v) is 7.49. The molecule has 0 unspecified atom stereocenters. The van der Waals surface area contributed by atoms with E-state index in [1.165, 1.54) is 36.4 Å². The minimum Gasteiger partial charge on any atom is -0.506 e. The highest BCUT2D eigenvalue weighted by atomic mass is 32.2. The first-order chi connectivity index (χ1) is 13.3. The highest BCUT2D eigenvalue weighted by molar-refractivity contribution is 7.87. The van der Waals surface area contributed by atoms with Gasteiger partial charge < -0.3 is 19.9 Å². The Bertz CT molecular complexity index is 1100. The van der Waals surface area contributed by atoms with Gasteiger partial charge in [0.1, 0.15) is 10.6 Å². The van der Waals surface area contributed by atoms with E-state index in [-0.39, 0.29) is 27.8 Å². The van der Waals surface area contributed by atoms with Gasteiger partial charge in [-0.2, -0.15) is 8.42 Å². The first-order valence-corrected chi connectivity index (χ1v) is 9.72. The summed E-state index contributed by atoms with van der Waals surface area (Å²) < 4.78 is 30.2. The van der Waals surface area contributed by atoms with Gasteiger partial charge in [-0.1, -0.05) is 42.0 Å². The molecular formula is C20H18N2O5S. The minimum absolute atomic E-state index is 0.00608. The number of phenols is 1. The van der Waals surface area contributed by atoms with Crippen molar-refractivity contribution in [3.63, 3.8) is 0 Å². The SMILES string of the molecule is Cc1ccc(S(=O)(=O)Oc2ccccc2NC(=O)Nc2ccccc2O)cc1. The van der Waals surface area contributed by atoms with Crippen molar-refractivity contribution in [2.45, 2.75) is 11.8 Å². The first-order valence-electron chi connectivity index (χ1n) is 8.31. The number of nitrogens with one attached hydrogen (secondary N) is 2. The van der Waals surface area contributed by atoms with E-state index in [2.05, 4.69) is 10.6 Å². The standard InChI is InChI=1S/C20H18N2O5S/c1-14-10-12-15(13-11-14)28(25,26)27-19-9-5-3-7-17(19)22-20(24)21-16-6-2-4-8-18(16)23/h2-13,23H,1H3,(H2,21,22,24). The number of benzene rings is 3. The third-order valence-corrected chi connectivity index (χ3v) is 5.05. The molecule has 0 spiro atoms. The molecule has 0 aliphatic rings. The smallest absolute Gasteiger partial charge is 0.339 e. The van der Waals surface area contributed by atoms with Crippen LogP contribution in [0.5, 0.6) is 11.5 Å². The van der Waals surface area contributed by atoms with Crippen molar-refractivity contribution in [1.29, 1.82) is 0 Å². The fourth-order valence-electron chi connectivity index (χ4n) is 2.37. The lowest BCUT2D eigenvalue weighted by molar-refractivity contribution is 0.262. The number of amides is 2. The lowest BCUT2D eigenvalue weighted by Gasteiger charge is -2.13. The molecule has 2 amide bonds. The Labute approximate surface area is 162 Å². The summed E-state index contributed by atoms with van der Waals surface area (Å²) in [5.74, 6) is -0.125. The summed E-state index contributed by atoms with van der Waals surface area (Å²) >= 11 is 0. The molecule has 3 N–H and O–H groups in total. The van der Waals surface area contributed by atoms with Crippen molar-refractivity contribution in [3.8, 4) is 11.5 Å². The van der Waals surface area contributed by atoms with Crippen molar-refractivity contribution in [2.24, 2.45) is 0 Å². The second kappa shape index (κ2) is 8.01. The van der Waals surface area contributed by atoms with Gasteiger partial charge in [0.25, 0.3) is 0 Å². The Hall–Kier alpha value is -3.52. The van der Waals surface area contributed by atoms with E-state index in [9.17, 15) is 18.3 Å². The van der Waals surface area contributed by atoms with Gasteiger partial charge in [0, 0.05) is 0 Å². The number of hydrogen-bond donors (Lipinski definition) is 3. The molecule has 144 valence electrons. The summed E-state index contributed by atoms with van der Waals surface area (Å²) in [6.45, 7) is 1.85. The van der Waals surface area contributed by atoms with E-state index in [0.717, 1.165) is 5.56 Å². The molecular weight excluding hydrogens is 380 g/mol. The summed E-state index contributed by atoms with van der Waals surface area (Å²) in [6.07, 6.45) is 0. The predicted molar refractivity (Wildman–Crippen MR) is 106 cm³/mol. The summed E-state index contributed by atoms with van der Waals surface area (Å²) in [5, 5.41) is 14.7. The summed E-state index contributed by atoms with van der Waals surface area (Å²) in [7, 11) is -4.07. The molecule has 0 heterocycles. The third kappa shape index (κ3) is 4.60. The van der Waals surface area contributed by atoms with E-state index in [1.54, 1.807) is 36.4 Å². The molecule has 7 nitrogen and oxygen atoms in total. The number of carbonyl (C=O) groups is 1. The highest BCUT2D eigenvalue weighted by Gasteiger charge is 2.19. The summed E-state index contributed by atoms with van der Waals surface area (Å²) in [6, 6.07) is 18.0. The number of phenolic OH excluding ortho intramolecular Hbond substituents is 1. The third-order valence-electron chi connectivity index (χ3n) is 3.80. The van der Waals surface area contributed by atoms with Gasteiger partial charge in [-0.25, -0.2) is 4.79 Å². The van der Waals surface area contributed by atoms with Gasteiger partial charge in [-0.3, -0.25) is 0 Å². The molecule has 0 fully saturated rings. The minimum atomic E-state index is -4.07. The van der Waals surface area contributed by atoms with Crippen LogP contribution in [-0.2, 0) is 10.1 Å². The van der Waals surface area contributed by atoms with Gasteiger partial charge in [-0.15, -0.1) is 0 Å². The molecule has 0 aromatic heterocycles. The number of anilines is 2. The lowest BCUT2D eigenvalue weighted by atomic mass is 10.2. The van der Waals surface area contributed by atoms with Crippen molar-refractivity contribution >= 4 is 27.5 Å². The lowest BCUT2D eigenvalue weighted by Crippen LogP contribution is -2.20. The molecule has 0 saturated heterocycles. The highest BCUT2D eigenvalue weighted by Crippen LogP contribution is 2.28. The van der Waals surface area contributed by atoms with Crippen LogP contribution in [0.15, 0.2) is 77.7 Å². The summed E-state index contributed by atoms with van der Waals surface area (Å²) in [5.41, 5.74) is 1.29. The zero-order chi connectivity index (χ0) is 20.1. The van der Waals surface area contributed by atoms with Crippen LogP contribution in [0.25, 0.3) is 0 Å². The Kier molecular flexibility index (Phi) is 5.51. The predicted octanol–water partition coefficient (Wildman–Crippen LogP) is 4.11. The maximum atomic E-state index is 12.5. The van der Waals surface area contributed by atoms with Crippen LogP contribution < -0.4 is 14.8 Å². The van der Waals surface area contributed by atoms with Crippen molar-refractivity contribution in [3.05, 3.63) is 78.4 Å². The van der Waals surface area contributed by atoms with Crippen molar-refractivity contribution < 1.29 is 22.5 Å².